The van der Waals surface area contributed by atoms with E-state index in [9.17, 15) is 9.90 Å². The molecular formula is C32H40N4O2. The van der Waals surface area contributed by atoms with E-state index in [1.54, 1.807) is 7.05 Å². The molecule has 3 aliphatic rings. The summed E-state index contributed by atoms with van der Waals surface area (Å²) < 4.78 is 0. The topological polar surface area (TPSA) is 71.9 Å². The molecule has 0 saturated carbocycles. The number of likely N-dealkylation sites (tertiary alicyclic amines) is 1. The number of benzene rings is 2. The molecule has 2 aromatic carbocycles. The van der Waals surface area contributed by atoms with Crippen LogP contribution in [0.15, 0.2) is 35.3 Å². The molecule has 0 spiro atoms. The van der Waals surface area contributed by atoms with Gasteiger partial charge >= 0.3 is 0 Å². The fourth-order valence-electron chi connectivity index (χ4n) is 7.06. The number of aromatic amines is 1. The van der Waals surface area contributed by atoms with Crippen molar-refractivity contribution in [2.45, 2.75) is 70.4 Å². The van der Waals surface area contributed by atoms with Gasteiger partial charge in [-0.25, -0.2) is 0 Å². The second-order valence-electron chi connectivity index (χ2n) is 11.9. The summed E-state index contributed by atoms with van der Waals surface area (Å²) in [6, 6.07) is 11.3. The third kappa shape index (κ3) is 4.09. The number of rotatable bonds is 4. The molecule has 0 amide bonds. The van der Waals surface area contributed by atoms with Crippen LogP contribution < -0.4 is 4.90 Å². The van der Waals surface area contributed by atoms with Crippen LogP contribution in [0.1, 0.15) is 84.8 Å². The van der Waals surface area contributed by atoms with Crippen LogP contribution in [0.2, 0.25) is 0 Å². The highest BCUT2D eigenvalue weighted by molar-refractivity contribution is 6.20. The number of aliphatic imine (C=N–C) groups is 1. The molecule has 2 aliphatic heterocycles. The number of aliphatic hydroxyl groups excluding tert-OH is 1. The maximum absolute atomic E-state index is 14.0. The van der Waals surface area contributed by atoms with Crippen LogP contribution in [-0.4, -0.2) is 72.4 Å². The van der Waals surface area contributed by atoms with Gasteiger partial charge in [0.25, 0.3) is 0 Å². The van der Waals surface area contributed by atoms with E-state index in [-0.39, 0.29) is 17.3 Å². The van der Waals surface area contributed by atoms with Gasteiger partial charge in [-0.05, 0) is 67.0 Å². The van der Waals surface area contributed by atoms with Crippen molar-refractivity contribution in [2.24, 2.45) is 4.99 Å². The summed E-state index contributed by atoms with van der Waals surface area (Å²) in [6.45, 7) is 10.8. The number of aliphatic hydroxyl groups is 1. The normalized spacial score (nSPS) is 20.9. The standard InChI is InChI=1S/C32H40N4O2/c1-5-21-17-25-26(18-28(21)36-12-8-22(9-13-36)35-14-10-23(37)11-15-35)32(2,3)31-29(30(25)38)24-7-6-20(19-33-4)16-27(24)34-31/h6-7,16-19,22-23,34,37H,5,8-15H2,1-4H3. The highest BCUT2D eigenvalue weighted by atomic mass is 16.3. The first-order chi connectivity index (χ1) is 18.3. The molecular weight excluding hydrogens is 472 g/mol. The molecule has 0 bridgehead atoms. The van der Waals surface area contributed by atoms with Crippen molar-refractivity contribution in [3.05, 3.63) is 63.8 Å². The number of aryl methyl sites for hydroxylation is 1. The van der Waals surface area contributed by atoms with E-state index in [0.717, 1.165) is 97.1 Å². The number of hydrogen-bond acceptors (Lipinski definition) is 5. The molecule has 2 fully saturated rings. The molecule has 2 N–H and O–H groups in total. The first-order valence-electron chi connectivity index (χ1n) is 14.3. The number of H-pyrrole nitrogens is 1. The predicted molar refractivity (Wildman–Crippen MR) is 155 cm³/mol. The zero-order valence-corrected chi connectivity index (χ0v) is 23.2. The number of hydrogen-bond donors (Lipinski definition) is 2. The second-order valence-corrected chi connectivity index (χ2v) is 11.9. The molecule has 1 aromatic heterocycles. The van der Waals surface area contributed by atoms with Gasteiger partial charge in [0.05, 0.1) is 11.7 Å². The summed E-state index contributed by atoms with van der Waals surface area (Å²) >= 11 is 0. The number of piperidine rings is 2. The molecule has 200 valence electrons. The van der Waals surface area contributed by atoms with Crippen molar-refractivity contribution >= 4 is 28.6 Å². The summed E-state index contributed by atoms with van der Waals surface area (Å²) in [7, 11) is 1.78. The van der Waals surface area contributed by atoms with Crippen molar-refractivity contribution in [1.82, 2.24) is 9.88 Å². The number of fused-ring (bicyclic) bond motifs is 4. The van der Waals surface area contributed by atoms with Crippen LogP contribution in [-0.2, 0) is 11.8 Å². The fourth-order valence-corrected chi connectivity index (χ4v) is 7.06. The molecule has 2 saturated heterocycles. The first kappa shape index (κ1) is 25.3. The smallest absolute Gasteiger partial charge is 0.195 e. The van der Waals surface area contributed by atoms with Crippen LogP contribution in [0, 0.1) is 0 Å². The van der Waals surface area contributed by atoms with Gasteiger partial charge in [0.15, 0.2) is 5.78 Å². The highest BCUT2D eigenvalue weighted by Gasteiger charge is 2.41. The maximum Gasteiger partial charge on any atom is 0.195 e. The lowest BCUT2D eigenvalue weighted by Crippen LogP contribution is -2.48. The minimum atomic E-state index is -0.315. The number of nitrogens with one attached hydrogen (secondary N) is 1. The fraction of sp³-hybridized carbons (Fsp3) is 0.500. The Morgan fingerprint density at radius 1 is 1.08 bits per heavy atom. The van der Waals surface area contributed by atoms with E-state index in [4.69, 9.17) is 0 Å². The number of nitrogens with zero attached hydrogens (tertiary/aromatic N) is 3. The van der Waals surface area contributed by atoms with Crippen molar-refractivity contribution in [1.29, 1.82) is 0 Å². The molecule has 0 unspecified atom stereocenters. The van der Waals surface area contributed by atoms with Crippen LogP contribution in [0.5, 0.6) is 0 Å². The summed E-state index contributed by atoms with van der Waals surface area (Å²) in [5.74, 6) is 0.129. The van der Waals surface area contributed by atoms with Gasteiger partial charge in [-0.2, -0.15) is 0 Å². The van der Waals surface area contributed by atoms with Gasteiger partial charge in [-0.3, -0.25) is 9.79 Å². The summed E-state index contributed by atoms with van der Waals surface area (Å²) in [6.07, 6.45) is 6.72. The van der Waals surface area contributed by atoms with Gasteiger partial charge in [0.2, 0.25) is 0 Å². The van der Waals surface area contributed by atoms with Crippen molar-refractivity contribution in [2.75, 3.05) is 38.1 Å². The Hall–Kier alpha value is -2.96. The van der Waals surface area contributed by atoms with E-state index in [2.05, 4.69) is 64.8 Å². The van der Waals surface area contributed by atoms with Gasteiger partial charge < -0.3 is 19.9 Å². The summed E-state index contributed by atoms with van der Waals surface area (Å²) in [5.41, 5.74) is 8.06. The minimum Gasteiger partial charge on any atom is -0.393 e. The van der Waals surface area contributed by atoms with Crippen molar-refractivity contribution in [3.8, 4) is 0 Å². The average Bonchev–Trinajstić information content (AvgIpc) is 3.32. The van der Waals surface area contributed by atoms with Crippen LogP contribution in [0.3, 0.4) is 0 Å². The lowest BCUT2D eigenvalue weighted by molar-refractivity contribution is 0.0542. The highest BCUT2D eigenvalue weighted by Crippen LogP contribution is 2.46. The van der Waals surface area contributed by atoms with Crippen LogP contribution in [0.4, 0.5) is 5.69 Å². The zero-order valence-electron chi connectivity index (χ0n) is 23.2. The Morgan fingerprint density at radius 3 is 2.50 bits per heavy atom. The molecule has 1 aliphatic carbocycles. The second kappa shape index (κ2) is 9.65. The Morgan fingerprint density at radius 2 is 1.82 bits per heavy atom. The largest absolute Gasteiger partial charge is 0.393 e. The van der Waals surface area contributed by atoms with E-state index in [1.807, 2.05) is 12.3 Å². The van der Waals surface area contributed by atoms with Gasteiger partial charge in [-0.15, -0.1) is 0 Å². The third-order valence-corrected chi connectivity index (χ3v) is 9.29. The molecule has 3 aromatic rings. The monoisotopic (exact) mass is 512 g/mol. The Kier molecular flexibility index (Phi) is 6.43. The average molecular weight is 513 g/mol. The van der Waals surface area contributed by atoms with E-state index in [1.165, 1.54) is 11.3 Å². The lowest BCUT2D eigenvalue weighted by atomic mass is 9.70. The Labute approximate surface area is 225 Å². The Balaban J connectivity index is 1.33. The van der Waals surface area contributed by atoms with Gasteiger partial charge in [0.1, 0.15) is 0 Å². The van der Waals surface area contributed by atoms with Crippen LogP contribution >= 0.6 is 0 Å². The SMILES string of the molecule is CCc1cc2c(cc1N1CCC(N3CCC(O)CC3)CC1)C(C)(C)c1[nH]c3cc(C=NC)ccc3c1C2=O. The van der Waals surface area contributed by atoms with E-state index in [0.29, 0.717) is 6.04 Å². The van der Waals surface area contributed by atoms with E-state index < -0.39 is 0 Å². The lowest BCUT2D eigenvalue weighted by Gasteiger charge is -2.42. The van der Waals surface area contributed by atoms with Crippen LogP contribution in [0.25, 0.3) is 10.9 Å². The quantitative estimate of drug-likeness (QED) is 0.479. The summed E-state index contributed by atoms with van der Waals surface area (Å²) in [4.78, 5) is 26.9. The molecule has 3 heterocycles. The number of ketones is 1. The molecule has 6 nitrogen and oxygen atoms in total. The van der Waals surface area contributed by atoms with Crippen molar-refractivity contribution in [3.63, 3.8) is 0 Å². The van der Waals surface area contributed by atoms with Gasteiger partial charge in [0, 0.05) is 78.7 Å². The number of aromatic nitrogens is 1. The predicted octanol–water partition coefficient (Wildman–Crippen LogP) is 5.07. The Bertz CT molecular complexity index is 1400. The molecule has 0 radical (unpaired) electrons. The first-order valence-corrected chi connectivity index (χ1v) is 14.3. The van der Waals surface area contributed by atoms with E-state index >= 15 is 0 Å². The molecule has 0 atom stereocenters. The number of anilines is 1. The zero-order chi connectivity index (χ0) is 26.6. The van der Waals surface area contributed by atoms with Crippen molar-refractivity contribution < 1.29 is 9.90 Å². The minimum absolute atomic E-state index is 0.120. The molecule has 6 rings (SSSR count). The number of carbonyl (C=O) groups excluding carboxylic acids is 1. The number of carbonyl (C=O) groups is 1. The molecule has 6 heteroatoms. The molecule has 38 heavy (non-hydrogen) atoms. The maximum atomic E-state index is 14.0. The third-order valence-electron chi connectivity index (χ3n) is 9.29. The van der Waals surface area contributed by atoms with Gasteiger partial charge in [-0.1, -0.05) is 32.9 Å². The summed E-state index contributed by atoms with van der Waals surface area (Å²) in [5, 5.41) is 10.9.